The molecule has 0 aliphatic heterocycles. The molecule has 0 aliphatic rings. The molecular formula is C28H34O6. The van der Waals surface area contributed by atoms with Crippen LogP contribution >= 0.6 is 0 Å². The lowest BCUT2D eigenvalue weighted by Gasteiger charge is -2.09. The standard InChI is InChI=1S/C28H34O6/c1-21(2)27(29)33-19-7-5-17-31-25-13-9-23(10-14-25)24-11-15-26(16-12-24)32-18-6-8-20-34-28(30)22(3)4/h9-16H,1,3,5-8,17-20H2,2,4H3. The Morgan fingerprint density at radius 2 is 0.912 bits per heavy atom. The molecular weight excluding hydrogens is 432 g/mol. The monoisotopic (exact) mass is 466 g/mol. The molecule has 0 atom stereocenters. The highest BCUT2D eigenvalue weighted by Crippen LogP contribution is 2.25. The van der Waals surface area contributed by atoms with Gasteiger partial charge in [0.05, 0.1) is 26.4 Å². The molecule has 0 aromatic heterocycles. The van der Waals surface area contributed by atoms with E-state index in [0.717, 1.165) is 48.3 Å². The van der Waals surface area contributed by atoms with Crippen molar-refractivity contribution in [3.63, 3.8) is 0 Å². The number of carbonyl (C=O) groups is 2. The molecule has 34 heavy (non-hydrogen) atoms. The SMILES string of the molecule is C=C(C)C(=O)OCCCCOc1ccc(-c2ccc(OCCCCOC(=O)C(=C)C)cc2)cc1. The second-order valence-corrected chi connectivity index (χ2v) is 7.99. The van der Waals surface area contributed by atoms with E-state index < -0.39 is 0 Å². The molecule has 6 nitrogen and oxygen atoms in total. The Hall–Kier alpha value is -3.54. The summed E-state index contributed by atoms with van der Waals surface area (Å²) < 4.78 is 21.6. The van der Waals surface area contributed by atoms with E-state index in [-0.39, 0.29) is 11.9 Å². The van der Waals surface area contributed by atoms with Gasteiger partial charge in [-0.3, -0.25) is 0 Å². The van der Waals surface area contributed by atoms with Gasteiger partial charge in [-0.2, -0.15) is 0 Å². The molecule has 0 spiro atoms. The van der Waals surface area contributed by atoms with Crippen LogP contribution in [-0.2, 0) is 19.1 Å². The van der Waals surface area contributed by atoms with Gasteiger partial charge in [0.25, 0.3) is 0 Å². The van der Waals surface area contributed by atoms with Crippen molar-refractivity contribution in [3.8, 4) is 22.6 Å². The van der Waals surface area contributed by atoms with Crippen molar-refractivity contribution in [2.75, 3.05) is 26.4 Å². The third-order valence-corrected chi connectivity index (χ3v) is 4.82. The summed E-state index contributed by atoms with van der Waals surface area (Å²) in [6.07, 6.45) is 3.08. The lowest BCUT2D eigenvalue weighted by molar-refractivity contribution is -0.139. The van der Waals surface area contributed by atoms with Crippen LogP contribution in [0.3, 0.4) is 0 Å². The van der Waals surface area contributed by atoms with Gasteiger partial charge in [-0.1, -0.05) is 37.4 Å². The lowest BCUT2D eigenvalue weighted by atomic mass is 10.1. The molecule has 0 fully saturated rings. The Labute approximate surface area is 202 Å². The van der Waals surface area contributed by atoms with Crippen LogP contribution in [0.2, 0.25) is 0 Å². The van der Waals surface area contributed by atoms with Gasteiger partial charge >= 0.3 is 11.9 Å². The molecule has 0 radical (unpaired) electrons. The first kappa shape index (κ1) is 26.7. The van der Waals surface area contributed by atoms with Crippen LogP contribution < -0.4 is 9.47 Å². The van der Waals surface area contributed by atoms with Gasteiger partial charge in [0, 0.05) is 11.1 Å². The van der Waals surface area contributed by atoms with E-state index in [1.165, 1.54) is 0 Å². The minimum Gasteiger partial charge on any atom is -0.494 e. The molecule has 0 amide bonds. The zero-order valence-electron chi connectivity index (χ0n) is 20.1. The second kappa shape index (κ2) is 14.6. The van der Waals surface area contributed by atoms with E-state index in [1.807, 2.05) is 48.5 Å². The average molecular weight is 467 g/mol. The van der Waals surface area contributed by atoms with Crippen LogP contribution in [0.4, 0.5) is 0 Å². The third-order valence-electron chi connectivity index (χ3n) is 4.82. The molecule has 0 saturated heterocycles. The first-order chi connectivity index (χ1) is 16.4. The van der Waals surface area contributed by atoms with Crippen molar-refractivity contribution >= 4 is 11.9 Å². The second-order valence-electron chi connectivity index (χ2n) is 7.99. The number of ether oxygens (including phenoxy) is 4. The smallest absolute Gasteiger partial charge is 0.333 e. The molecule has 2 aromatic carbocycles. The Bertz CT molecular complexity index is 864. The Kier molecular flexibility index (Phi) is 11.5. The fourth-order valence-electron chi connectivity index (χ4n) is 2.85. The average Bonchev–Trinajstić information content (AvgIpc) is 2.83. The largest absolute Gasteiger partial charge is 0.494 e. The van der Waals surface area contributed by atoms with Crippen molar-refractivity contribution in [1.29, 1.82) is 0 Å². The van der Waals surface area contributed by atoms with Crippen LogP contribution in [0.25, 0.3) is 11.1 Å². The maximum atomic E-state index is 11.3. The van der Waals surface area contributed by atoms with Crippen molar-refractivity contribution in [2.45, 2.75) is 39.5 Å². The van der Waals surface area contributed by atoms with E-state index in [1.54, 1.807) is 13.8 Å². The number of esters is 2. The van der Waals surface area contributed by atoms with Crippen LogP contribution in [0.5, 0.6) is 11.5 Å². The normalized spacial score (nSPS) is 10.3. The first-order valence-electron chi connectivity index (χ1n) is 11.5. The lowest BCUT2D eigenvalue weighted by Crippen LogP contribution is -2.07. The fourth-order valence-corrected chi connectivity index (χ4v) is 2.85. The summed E-state index contributed by atoms with van der Waals surface area (Å²) in [7, 11) is 0. The Morgan fingerprint density at radius 3 is 1.24 bits per heavy atom. The van der Waals surface area contributed by atoms with Crippen LogP contribution in [0.15, 0.2) is 72.8 Å². The van der Waals surface area contributed by atoms with Crippen molar-refractivity contribution < 1.29 is 28.5 Å². The number of hydrogen-bond donors (Lipinski definition) is 0. The molecule has 0 saturated carbocycles. The summed E-state index contributed by atoms with van der Waals surface area (Å²) in [6.45, 7) is 12.2. The minimum absolute atomic E-state index is 0.352. The number of unbranched alkanes of at least 4 members (excludes halogenated alkanes) is 2. The zero-order valence-corrected chi connectivity index (χ0v) is 20.1. The van der Waals surface area contributed by atoms with Gasteiger partial charge in [-0.15, -0.1) is 0 Å². The summed E-state index contributed by atoms with van der Waals surface area (Å²) in [5, 5.41) is 0. The van der Waals surface area contributed by atoms with Crippen molar-refractivity contribution in [2.24, 2.45) is 0 Å². The van der Waals surface area contributed by atoms with Gasteiger partial charge in [0.2, 0.25) is 0 Å². The predicted molar refractivity (Wildman–Crippen MR) is 133 cm³/mol. The molecule has 182 valence electrons. The molecule has 0 unspecified atom stereocenters. The highest BCUT2D eigenvalue weighted by Gasteiger charge is 2.04. The maximum Gasteiger partial charge on any atom is 0.333 e. The van der Waals surface area contributed by atoms with Gasteiger partial charge in [0.15, 0.2) is 0 Å². The van der Waals surface area contributed by atoms with Crippen LogP contribution in [-0.4, -0.2) is 38.4 Å². The van der Waals surface area contributed by atoms with Crippen LogP contribution in [0.1, 0.15) is 39.5 Å². The molecule has 2 aromatic rings. The highest BCUT2D eigenvalue weighted by atomic mass is 16.5. The first-order valence-corrected chi connectivity index (χ1v) is 11.5. The summed E-state index contributed by atoms with van der Waals surface area (Å²) >= 11 is 0. The van der Waals surface area contributed by atoms with E-state index >= 15 is 0 Å². The van der Waals surface area contributed by atoms with Gasteiger partial charge < -0.3 is 18.9 Å². The molecule has 0 bridgehead atoms. The topological polar surface area (TPSA) is 71.1 Å². The van der Waals surface area contributed by atoms with E-state index in [9.17, 15) is 9.59 Å². The quantitative estimate of drug-likeness (QED) is 0.185. The molecule has 0 heterocycles. The summed E-state index contributed by atoms with van der Waals surface area (Å²) in [5.41, 5.74) is 3.00. The minimum atomic E-state index is -0.352. The van der Waals surface area contributed by atoms with Gasteiger partial charge in [0.1, 0.15) is 11.5 Å². The summed E-state index contributed by atoms with van der Waals surface area (Å²) in [5.74, 6) is 0.901. The zero-order chi connectivity index (χ0) is 24.8. The van der Waals surface area contributed by atoms with Crippen molar-refractivity contribution in [1.82, 2.24) is 0 Å². The summed E-state index contributed by atoms with van der Waals surface area (Å²) in [6, 6.07) is 15.9. The molecule has 0 aliphatic carbocycles. The van der Waals surface area contributed by atoms with Gasteiger partial charge in [-0.25, -0.2) is 9.59 Å². The molecule has 0 N–H and O–H groups in total. The highest BCUT2D eigenvalue weighted by molar-refractivity contribution is 5.87. The number of carbonyl (C=O) groups excluding carboxylic acids is 2. The van der Waals surface area contributed by atoms with E-state index in [0.29, 0.717) is 37.6 Å². The van der Waals surface area contributed by atoms with E-state index in [4.69, 9.17) is 18.9 Å². The Balaban J connectivity index is 1.65. The van der Waals surface area contributed by atoms with Crippen LogP contribution in [0, 0.1) is 0 Å². The molecule has 6 heteroatoms. The summed E-state index contributed by atoms with van der Waals surface area (Å²) in [4.78, 5) is 22.6. The van der Waals surface area contributed by atoms with Gasteiger partial charge in [-0.05, 0) is 74.9 Å². The number of rotatable bonds is 15. The third kappa shape index (κ3) is 9.94. The Morgan fingerprint density at radius 1 is 0.588 bits per heavy atom. The van der Waals surface area contributed by atoms with E-state index in [2.05, 4.69) is 13.2 Å². The van der Waals surface area contributed by atoms with Crippen molar-refractivity contribution in [3.05, 3.63) is 72.8 Å². The predicted octanol–water partition coefficient (Wildman–Crippen LogP) is 5.91. The number of hydrogen-bond acceptors (Lipinski definition) is 6. The maximum absolute atomic E-state index is 11.3. The number of benzene rings is 2. The molecule has 2 rings (SSSR count). The fraction of sp³-hybridized carbons (Fsp3) is 0.357.